The molecule has 1 aliphatic heterocycles. The van der Waals surface area contributed by atoms with Gasteiger partial charge in [0.25, 0.3) is 0 Å². The minimum atomic E-state index is -0.454. The lowest BCUT2D eigenvalue weighted by molar-refractivity contribution is 0.0688. The largest absolute Gasteiger partial charge is 0.377 e. The Balaban J connectivity index is 2.45. The van der Waals surface area contributed by atoms with Crippen LogP contribution in [0.5, 0.6) is 0 Å². The van der Waals surface area contributed by atoms with Crippen LogP contribution in [0.1, 0.15) is 40.0 Å². The van der Waals surface area contributed by atoms with Crippen molar-refractivity contribution in [3.8, 4) is 6.07 Å². The van der Waals surface area contributed by atoms with E-state index in [4.69, 9.17) is 4.74 Å². The van der Waals surface area contributed by atoms with Crippen molar-refractivity contribution in [2.75, 3.05) is 32.8 Å². The smallest absolute Gasteiger partial charge is 0.116 e. The maximum absolute atomic E-state index is 9.35. The van der Waals surface area contributed by atoms with Crippen molar-refractivity contribution in [1.82, 2.24) is 10.2 Å². The van der Waals surface area contributed by atoms with Crippen LogP contribution >= 0.6 is 0 Å². The highest BCUT2D eigenvalue weighted by atomic mass is 16.5. The number of hydrogen-bond donors (Lipinski definition) is 1. The summed E-state index contributed by atoms with van der Waals surface area (Å²) in [5.74, 6) is 0. The molecule has 0 spiro atoms. The molecule has 0 bridgehead atoms. The molecule has 18 heavy (non-hydrogen) atoms. The molecule has 0 aromatic carbocycles. The fourth-order valence-electron chi connectivity index (χ4n) is 2.36. The zero-order valence-electron chi connectivity index (χ0n) is 12.0. The van der Waals surface area contributed by atoms with Crippen LogP contribution in [0.3, 0.4) is 0 Å². The molecule has 2 unspecified atom stereocenters. The Morgan fingerprint density at radius 1 is 1.50 bits per heavy atom. The Kier molecular flexibility index (Phi) is 6.62. The van der Waals surface area contributed by atoms with Gasteiger partial charge in [-0.05, 0) is 39.3 Å². The quantitative estimate of drug-likeness (QED) is 0.716. The molecule has 0 aromatic heterocycles. The van der Waals surface area contributed by atoms with Gasteiger partial charge in [0.1, 0.15) is 5.54 Å². The summed E-state index contributed by atoms with van der Waals surface area (Å²) in [4.78, 5) is 2.32. The number of nitrogens with zero attached hydrogens (tertiary/aromatic N) is 2. The first kappa shape index (κ1) is 15.4. The topological polar surface area (TPSA) is 48.3 Å². The molecular weight excluding hydrogens is 226 g/mol. The van der Waals surface area contributed by atoms with E-state index in [-0.39, 0.29) is 0 Å². The number of rotatable bonds is 8. The third-order valence-electron chi connectivity index (χ3n) is 3.48. The number of nitrogens with one attached hydrogen (secondary N) is 1. The lowest BCUT2D eigenvalue weighted by Crippen LogP contribution is -2.51. The molecular formula is C14H27N3O. The highest BCUT2D eigenvalue weighted by molar-refractivity contribution is 5.05. The maximum atomic E-state index is 9.35. The van der Waals surface area contributed by atoms with E-state index in [0.29, 0.717) is 6.10 Å². The second kappa shape index (κ2) is 7.73. The van der Waals surface area contributed by atoms with Crippen LogP contribution in [-0.4, -0.2) is 49.3 Å². The third kappa shape index (κ3) is 4.93. The molecule has 0 saturated carbocycles. The molecule has 2 atom stereocenters. The average molecular weight is 253 g/mol. The van der Waals surface area contributed by atoms with Gasteiger partial charge in [0.05, 0.1) is 12.2 Å². The van der Waals surface area contributed by atoms with Gasteiger partial charge in [-0.2, -0.15) is 5.26 Å². The van der Waals surface area contributed by atoms with Crippen LogP contribution in [0.2, 0.25) is 0 Å². The number of likely N-dealkylation sites (N-methyl/N-ethyl adjacent to an activating group) is 1. The number of ether oxygens (including phenoxy) is 1. The molecule has 1 fully saturated rings. The van der Waals surface area contributed by atoms with Crippen LogP contribution < -0.4 is 5.32 Å². The monoisotopic (exact) mass is 253 g/mol. The van der Waals surface area contributed by atoms with E-state index in [1.165, 1.54) is 6.42 Å². The van der Waals surface area contributed by atoms with E-state index < -0.39 is 5.54 Å². The zero-order valence-corrected chi connectivity index (χ0v) is 12.0. The van der Waals surface area contributed by atoms with E-state index in [1.807, 2.05) is 6.92 Å². The Morgan fingerprint density at radius 3 is 2.78 bits per heavy atom. The molecule has 1 rings (SSSR count). The first-order valence-electron chi connectivity index (χ1n) is 7.13. The van der Waals surface area contributed by atoms with Crippen LogP contribution in [0, 0.1) is 11.3 Å². The molecule has 0 radical (unpaired) electrons. The fourth-order valence-corrected chi connectivity index (χ4v) is 2.36. The number of nitriles is 1. The summed E-state index contributed by atoms with van der Waals surface area (Å²) < 4.78 is 5.67. The summed E-state index contributed by atoms with van der Waals surface area (Å²) in [6.45, 7) is 10.7. The SMILES string of the molecule is CCCNC(C)(C#N)CN(CC)CC1CCCO1. The van der Waals surface area contributed by atoms with Crippen LogP contribution in [-0.2, 0) is 4.74 Å². The van der Waals surface area contributed by atoms with E-state index in [2.05, 4.69) is 30.1 Å². The molecule has 0 aromatic rings. The summed E-state index contributed by atoms with van der Waals surface area (Å²) in [6, 6.07) is 2.41. The molecule has 0 aliphatic carbocycles. The summed E-state index contributed by atoms with van der Waals surface area (Å²) in [5.41, 5.74) is -0.454. The summed E-state index contributed by atoms with van der Waals surface area (Å²) >= 11 is 0. The lowest BCUT2D eigenvalue weighted by atomic mass is 10.0. The molecule has 1 heterocycles. The van der Waals surface area contributed by atoms with Gasteiger partial charge in [-0.3, -0.25) is 10.2 Å². The van der Waals surface area contributed by atoms with Crippen molar-refractivity contribution in [3.63, 3.8) is 0 Å². The predicted octanol–water partition coefficient (Wildman–Crippen LogP) is 1.77. The summed E-state index contributed by atoms with van der Waals surface area (Å²) in [7, 11) is 0. The molecule has 0 amide bonds. The van der Waals surface area contributed by atoms with E-state index >= 15 is 0 Å². The van der Waals surface area contributed by atoms with Gasteiger partial charge >= 0.3 is 0 Å². The molecule has 1 aliphatic rings. The molecule has 1 saturated heterocycles. The lowest BCUT2D eigenvalue weighted by Gasteiger charge is -2.32. The first-order chi connectivity index (χ1) is 8.63. The van der Waals surface area contributed by atoms with Gasteiger partial charge in [-0.15, -0.1) is 0 Å². The van der Waals surface area contributed by atoms with Gasteiger partial charge in [-0.25, -0.2) is 0 Å². The first-order valence-corrected chi connectivity index (χ1v) is 7.13. The second-order valence-corrected chi connectivity index (χ2v) is 5.33. The normalized spacial score (nSPS) is 22.9. The predicted molar refractivity (Wildman–Crippen MR) is 73.4 cm³/mol. The van der Waals surface area contributed by atoms with Crippen LogP contribution in [0.25, 0.3) is 0 Å². The van der Waals surface area contributed by atoms with Crippen molar-refractivity contribution < 1.29 is 4.74 Å². The Hall–Kier alpha value is -0.630. The zero-order chi connectivity index (χ0) is 13.4. The molecule has 1 N–H and O–H groups in total. The van der Waals surface area contributed by atoms with Gasteiger partial charge in [0.2, 0.25) is 0 Å². The highest BCUT2D eigenvalue weighted by Gasteiger charge is 2.27. The third-order valence-corrected chi connectivity index (χ3v) is 3.48. The molecule has 4 heteroatoms. The van der Waals surface area contributed by atoms with E-state index in [9.17, 15) is 5.26 Å². The minimum Gasteiger partial charge on any atom is -0.377 e. The van der Waals surface area contributed by atoms with E-state index in [1.54, 1.807) is 0 Å². The van der Waals surface area contributed by atoms with Gasteiger partial charge < -0.3 is 4.74 Å². The summed E-state index contributed by atoms with van der Waals surface area (Å²) in [6.07, 6.45) is 3.74. The molecule has 104 valence electrons. The Bertz CT molecular complexity index is 271. The van der Waals surface area contributed by atoms with Crippen molar-refractivity contribution in [1.29, 1.82) is 5.26 Å². The van der Waals surface area contributed by atoms with Gasteiger partial charge in [0, 0.05) is 19.7 Å². The van der Waals surface area contributed by atoms with Crippen molar-refractivity contribution in [2.45, 2.75) is 51.7 Å². The Labute approximate surface area is 111 Å². The standard InChI is InChI=1S/C14H27N3O/c1-4-8-16-14(3,11-15)12-17(5-2)10-13-7-6-9-18-13/h13,16H,4-10,12H2,1-3H3. The van der Waals surface area contributed by atoms with Crippen LogP contribution in [0.15, 0.2) is 0 Å². The number of hydrogen-bond acceptors (Lipinski definition) is 4. The maximum Gasteiger partial charge on any atom is 0.116 e. The molecule has 4 nitrogen and oxygen atoms in total. The van der Waals surface area contributed by atoms with Gasteiger partial charge in [0.15, 0.2) is 0 Å². The van der Waals surface area contributed by atoms with Crippen molar-refractivity contribution >= 4 is 0 Å². The Morgan fingerprint density at radius 2 is 2.28 bits per heavy atom. The van der Waals surface area contributed by atoms with Crippen molar-refractivity contribution in [2.24, 2.45) is 0 Å². The second-order valence-electron chi connectivity index (χ2n) is 5.33. The summed E-state index contributed by atoms with van der Waals surface area (Å²) in [5, 5.41) is 12.7. The van der Waals surface area contributed by atoms with Crippen molar-refractivity contribution in [3.05, 3.63) is 0 Å². The fraction of sp³-hybridized carbons (Fsp3) is 0.929. The van der Waals surface area contributed by atoms with Gasteiger partial charge in [-0.1, -0.05) is 13.8 Å². The van der Waals surface area contributed by atoms with Crippen LogP contribution in [0.4, 0.5) is 0 Å². The average Bonchev–Trinajstić information content (AvgIpc) is 2.88. The van der Waals surface area contributed by atoms with E-state index in [0.717, 1.165) is 45.6 Å². The highest BCUT2D eigenvalue weighted by Crippen LogP contribution is 2.15. The minimum absolute atomic E-state index is 0.360.